The molecule has 0 aromatic heterocycles. The molecular weight excluding hydrogens is 441 g/mol. The van der Waals surface area contributed by atoms with Gasteiger partial charge in [-0.15, -0.1) is 0 Å². The number of amides is 1. The predicted octanol–water partition coefficient (Wildman–Crippen LogP) is 5.64. The maximum absolute atomic E-state index is 14.3. The molecule has 0 aliphatic heterocycles. The number of aryl methyl sites for hydroxylation is 2. The fourth-order valence-electron chi connectivity index (χ4n) is 3.35. The minimum atomic E-state index is -0.271. The van der Waals surface area contributed by atoms with Crippen molar-refractivity contribution in [1.82, 2.24) is 5.32 Å². The van der Waals surface area contributed by atoms with Crippen LogP contribution in [0.15, 0.2) is 64.9 Å². The average molecular weight is 478 g/mol. The summed E-state index contributed by atoms with van der Waals surface area (Å²) in [6, 6.07) is 10.7. The van der Waals surface area contributed by atoms with Crippen LogP contribution in [-0.4, -0.2) is 30.5 Å². The van der Waals surface area contributed by atoms with E-state index >= 15 is 0 Å². The second kappa shape index (κ2) is 14.0. The fourth-order valence-corrected chi connectivity index (χ4v) is 3.35. The molecule has 4 N–H and O–H groups in total. The Morgan fingerprint density at radius 1 is 1.11 bits per heavy atom. The van der Waals surface area contributed by atoms with E-state index in [9.17, 15) is 9.18 Å². The highest BCUT2D eigenvalue weighted by molar-refractivity contribution is 6.45. The Bertz CT molecular complexity index is 1150. The molecule has 7 heteroatoms. The van der Waals surface area contributed by atoms with Crippen LogP contribution in [0.3, 0.4) is 0 Å². The van der Waals surface area contributed by atoms with Gasteiger partial charge in [-0.3, -0.25) is 9.79 Å². The summed E-state index contributed by atoms with van der Waals surface area (Å²) in [4.78, 5) is 21.5. The Kier molecular flexibility index (Phi) is 11.0. The third-order valence-corrected chi connectivity index (χ3v) is 5.36. The highest BCUT2D eigenvalue weighted by Gasteiger charge is 2.12. The molecule has 6 nitrogen and oxygen atoms in total. The number of aliphatic imine (C=N–C) groups is 2. The Morgan fingerprint density at radius 3 is 2.51 bits per heavy atom. The topological polar surface area (TPSA) is 91.9 Å². The highest BCUT2D eigenvalue weighted by Crippen LogP contribution is 2.20. The molecule has 0 spiro atoms. The van der Waals surface area contributed by atoms with Gasteiger partial charge in [-0.25, -0.2) is 9.38 Å². The Balaban J connectivity index is 2.28. The van der Waals surface area contributed by atoms with Crippen molar-refractivity contribution in [1.29, 1.82) is 0 Å². The number of benzene rings is 2. The largest absolute Gasteiger partial charge is 0.352 e. The molecule has 0 saturated heterocycles. The van der Waals surface area contributed by atoms with Crippen molar-refractivity contribution in [2.24, 2.45) is 15.7 Å². The summed E-state index contributed by atoms with van der Waals surface area (Å²) in [7, 11) is 0. The number of carbonyl (C=O) groups is 1. The zero-order valence-corrected chi connectivity index (χ0v) is 21.3. The third-order valence-electron chi connectivity index (χ3n) is 5.36. The van der Waals surface area contributed by atoms with Crippen LogP contribution in [0.5, 0.6) is 0 Å². The number of allylic oxidation sites excluding steroid dienone is 2. The molecule has 0 heterocycles. The Morgan fingerprint density at radius 2 is 1.86 bits per heavy atom. The number of rotatable bonds is 10. The number of halogens is 1. The van der Waals surface area contributed by atoms with E-state index < -0.39 is 0 Å². The molecular formula is C28H36FN5O. The number of nitrogens with one attached hydrogen (secondary N) is 2. The molecule has 186 valence electrons. The van der Waals surface area contributed by atoms with E-state index in [1.165, 1.54) is 6.07 Å². The van der Waals surface area contributed by atoms with Crippen molar-refractivity contribution in [2.45, 2.75) is 47.5 Å². The lowest BCUT2D eigenvalue weighted by Gasteiger charge is -2.13. The molecule has 0 fully saturated rings. The van der Waals surface area contributed by atoms with Crippen molar-refractivity contribution < 1.29 is 9.18 Å². The van der Waals surface area contributed by atoms with Crippen molar-refractivity contribution in [3.05, 3.63) is 82.9 Å². The molecule has 35 heavy (non-hydrogen) atoms. The zero-order valence-electron chi connectivity index (χ0n) is 21.3. The standard InChI is InChI=1S/C28H36FN5O/c1-6-14-31-27(21(5)33-18-20(4)24-11-9-19(3)16-26(24)29)34-23-10-12-25(22(7-2)17-23)28(35)32-15-8-13-30/h6,9-12,14,16-18H,7-8,13,15,30H2,1-5H3,(H,31,34)(H,32,35)/b14-6-,20-18+,33-21?. The minimum Gasteiger partial charge on any atom is -0.352 e. The number of hydrogen-bond acceptors (Lipinski definition) is 4. The van der Waals surface area contributed by atoms with E-state index in [4.69, 9.17) is 5.73 Å². The van der Waals surface area contributed by atoms with Crippen LogP contribution in [0, 0.1) is 12.7 Å². The molecule has 0 unspecified atom stereocenters. The first-order chi connectivity index (χ1) is 16.8. The van der Waals surface area contributed by atoms with Gasteiger partial charge in [0.05, 0.1) is 5.71 Å². The Hall–Kier alpha value is -3.58. The van der Waals surface area contributed by atoms with Gasteiger partial charge in [0.15, 0.2) is 5.84 Å². The summed E-state index contributed by atoms with van der Waals surface area (Å²) in [5.41, 5.74) is 10.6. The SMILES string of the molecule is C/C=C\N=C(Nc1ccc(C(=O)NCCCN)c(CC)c1)C(C)=N/C=C(\C)c1ccc(C)cc1F. The van der Waals surface area contributed by atoms with Gasteiger partial charge in [0.1, 0.15) is 5.82 Å². The molecule has 0 aliphatic carbocycles. The quantitative estimate of drug-likeness (QED) is 0.235. The predicted molar refractivity (Wildman–Crippen MR) is 146 cm³/mol. The van der Waals surface area contributed by atoms with Crippen molar-refractivity contribution >= 4 is 28.7 Å². The Labute approximate surface area is 208 Å². The van der Waals surface area contributed by atoms with Crippen molar-refractivity contribution in [2.75, 3.05) is 18.4 Å². The van der Waals surface area contributed by atoms with Gasteiger partial charge in [0, 0.05) is 35.8 Å². The van der Waals surface area contributed by atoms with Gasteiger partial charge in [0.25, 0.3) is 5.91 Å². The molecule has 0 atom stereocenters. The molecule has 2 aromatic carbocycles. The minimum absolute atomic E-state index is 0.105. The monoisotopic (exact) mass is 477 g/mol. The number of carbonyl (C=O) groups excluding carboxylic acids is 1. The van der Waals surface area contributed by atoms with Crippen LogP contribution < -0.4 is 16.4 Å². The lowest BCUT2D eigenvalue weighted by Crippen LogP contribution is -2.27. The summed E-state index contributed by atoms with van der Waals surface area (Å²) in [6.07, 6.45) is 6.58. The maximum Gasteiger partial charge on any atom is 0.251 e. The first-order valence-electron chi connectivity index (χ1n) is 11.9. The second-order valence-corrected chi connectivity index (χ2v) is 8.22. The summed E-state index contributed by atoms with van der Waals surface area (Å²) < 4.78 is 14.3. The van der Waals surface area contributed by atoms with Gasteiger partial charge >= 0.3 is 0 Å². The molecule has 0 saturated carbocycles. The highest BCUT2D eigenvalue weighted by atomic mass is 19.1. The molecule has 2 aromatic rings. The number of nitrogens with zero attached hydrogens (tertiary/aromatic N) is 2. The number of anilines is 1. The fraction of sp³-hybridized carbons (Fsp3) is 0.321. The molecule has 0 bridgehead atoms. The number of nitrogens with two attached hydrogens (primary N) is 1. The summed E-state index contributed by atoms with van der Waals surface area (Å²) >= 11 is 0. The summed E-state index contributed by atoms with van der Waals surface area (Å²) in [5, 5.41) is 6.21. The van der Waals surface area contributed by atoms with Crippen LogP contribution in [0.4, 0.5) is 10.1 Å². The first kappa shape index (κ1) is 27.7. The van der Waals surface area contributed by atoms with Gasteiger partial charge in [-0.2, -0.15) is 0 Å². The normalized spacial score (nSPS) is 12.8. The van der Waals surface area contributed by atoms with Crippen LogP contribution in [-0.2, 0) is 6.42 Å². The third kappa shape index (κ3) is 8.30. The van der Waals surface area contributed by atoms with Crippen LogP contribution >= 0.6 is 0 Å². The summed E-state index contributed by atoms with van der Waals surface area (Å²) in [6.45, 7) is 10.5. The summed E-state index contributed by atoms with van der Waals surface area (Å²) in [5.74, 6) is 0.178. The van der Waals surface area contributed by atoms with E-state index in [-0.39, 0.29) is 11.7 Å². The average Bonchev–Trinajstić information content (AvgIpc) is 2.84. The first-order valence-corrected chi connectivity index (χ1v) is 11.9. The van der Waals surface area contributed by atoms with Gasteiger partial charge in [-0.1, -0.05) is 25.1 Å². The lowest BCUT2D eigenvalue weighted by atomic mass is 10.0. The second-order valence-electron chi connectivity index (χ2n) is 8.22. The van der Waals surface area contributed by atoms with Crippen molar-refractivity contribution in [3.8, 4) is 0 Å². The van der Waals surface area contributed by atoms with Gasteiger partial charge < -0.3 is 16.4 Å². The van der Waals surface area contributed by atoms with E-state index in [0.717, 1.165) is 23.2 Å². The van der Waals surface area contributed by atoms with Crippen LogP contribution in [0.2, 0.25) is 0 Å². The zero-order chi connectivity index (χ0) is 25.8. The smallest absolute Gasteiger partial charge is 0.251 e. The maximum atomic E-state index is 14.3. The van der Waals surface area contributed by atoms with Crippen LogP contribution in [0.1, 0.15) is 61.2 Å². The van der Waals surface area contributed by atoms with E-state index in [1.807, 2.05) is 65.0 Å². The molecule has 2 rings (SSSR count). The van der Waals surface area contributed by atoms with E-state index in [2.05, 4.69) is 20.6 Å². The van der Waals surface area contributed by atoms with E-state index in [1.54, 1.807) is 18.5 Å². The number of hydrogen-bond donors (Lipinski definition) is 3. The molecule has 0 radical (unpaired) electrons. The molecule has 0 aliphatic rings. The molecule has 1 amide bonds. The number of amidine groups is 1. The van der Waals surface area contributed by atoms with Crippen LogP contribution in [0.25, 0.3) is 5.57 Å². The van der Waals surface area contributed by atoms with Gasteiger partial charge in [-0.05, 0) is 88.0 Å². The van der Waals surface area contributed by atoms with Crippen molar-refractivity contribution in [3.63, 3.8) is 0 Å². The lowest BCUT2D eigenvalue weighted by molar-refractivity contribution is 0.0952. The van der Waals surface area contributed by atoms with E-state index in [0.29, 0.717) is 47.8 Å². The van der Waals surface area contributed by atoms with Gasteiger partial charge in [0.2, 0.25) is 0 Å².